The van der Waals surface area contributed by atoms with E-state index in [-0.39, 0.29) is 30.6 Å². The van der Waals surface area contributed by atoms with Gasteiger partial charge in [-0.15, -0.1) is 0 Å². The highest BCUT2D eigenvalue weighted by molar-refractivity contribution is 6.10. The Morgan fingerprint density at radius 2 is 1.73 bits per heavy atom. The lowest BCUT2D eigenvalue weighted by molar-refractivity contribution is -0.117. The predicted molar refractivity (Wildman–Crippen MR) is 127 cm³/mol. The zero-order chi connectivity index (χ0) is 23.8. The number of hydrogen-bond donors (Lipinski definition) is 3. The van der Waals surface area contributed by atoms with Crippen LogP contribution < -0.4 is 15.5 Å². The van der Waals surface area contributed by atoms with Crippen LogP contribution in [0.25, 0.3) is 10.9 Å². The molecule has 1 amide bonds. The number of hydrogen-bond acceptors (Lipinski definition) is 5. The number of anilines is 1. The molecule has 1 aromatic carbocycles. The van der Waals surface area contributed by atoms with Crippen molar-refractivity contribution in [2.45, 2.75) is 77.3 Å². The highest BCUT2D eigenvalue weighted by atomic mass is 19.3. The van der Waals surface area contributed by atoms with Crippen LogP contribution in [-0.4, -0.2) is 47.8 Å². The molecule has 0 bridgehead atoms. The minimum Gasteiger partial charge on any atom is -0.356 e. The first-order chi connectivity index (χ1) is 15.6. The topological polar surface area (TPSA) is 81.1 Å². The van der Waals surface area contributed by atoms with Gasteiger partial charge in [0.1, 0.15) is 11.7 Å². The molecule has 1 aliphatic heterocycles. The van der Waals surface area contributed by atoms with Crippen LogP contribution in [0.1, 0.15) is 62.1 Å². The molecule has 1 aliphatic carbocycles. The van der Waals surface area contributed by atoms with E-state index in [9.17, 15) is 13.6 Å². The zero-order valence-electron chi connectivity index (χ0n) is 19.6. The average molecular weight is 458 g/mol. The summed E-state index contributed by atoms with van der Waals surface area (Å²) in [5.41, 5.74) is 3.72. The zero-order valence-corrected chi connectivity index (χ0v) is 19.6. The van der Waals surface area contributed by atoms with Gasteiger partial charge in [-0.25, -0.2) is 13.8 Å². The van der Waals surface area contributed by atoms with E-state index in [0.29, 0.717) is 30.3 Å². The number of rotatable bonds is 4. The van der Waals surface area contributed by atoms with Crippen molar-refractivity contribution in [2.24, 2.45) is 0 Å². The third kappa shape index (κ3) is 5.49. The van der Waals surface area contributed by atoms with E-state index >= 15 is 0 Å². The molecule has 178 valence electrons. The van der Waals surface area contributed by atoms with Crippen molar-refractivity contribution in [3.8, 4) is 0 Å². The maximum absolute atomic E-state index is 13.5. The molecule has 0 unspecified atom stereocenters. The Morgan fingerprint density at radius 3 is 2.36 bits per heavy atom. The Labute approximate surface area is 193 Å². The lowest BCUT2D eigenvalue weighted by Gasteiger charge is -2.37. The number of nitrogens with one attached hydrogen (secondary N) is 3. The Kier molecular flexibility index (Phi) is 6.66. The van der Waals surface area contributed by atoms with Gasteiger partial charge in [-0.05, 0) is 57.2 Å². The van der Waals surface area contributed by atoms with E-state index in [0.717, 1.165) is 48.0 Å². The van der Waals surface area contributed by atoms with E-state index in [1.165, 1.54) is 6.92 Å². The number of alkyl halides is 2. The SMILES string of the molecule is CC(=O)NC(=N)c1cc2cc(C)cc(C)c2nc1N1CCC(NC2CCC(F)(F)CC2)CC1. The van der Waals surface area contributed by atoms with Crippen LogP contribution in [0.2, 0.25) is 0 Å². The molecular weight excluding hydrogens is 424 g/mol. The molecule has 2 aromatic rings. The number of amidine groups is 1. The van der Waals surface area contributed by atoms with Crippen LogP contribution in [0.5, 0.6) is 0 Å². The van der Waals surface area contributed by atoms with Crippen LogP contribution in [0.4, 0.5) is 14.6 Å². The summed E-state index contributed by atoms with van der Waals surface area (Å²) < 4.78 is 26.9. The van der Waals surface area contributed by atoms with Crippen LogP contribution in [0, 0.1) is 19.3 Å². The summed E-state index contributed by atoms with van der Waals surface area (Å²) in [5.74, 6) is -2.03. The lowest BCUT2D eigenvalue weighted by Crippen LogP contribution is -2.48. The number of halogens is 2. The summed E-state index contributed by atoms with van der Waals surface area (Å²) in [6.45, 7) is 6.98. The second kappa shape index (κ2) is 9.33. The van der Waals surface area contributed by atoms with Gasteiger partial charge in [0.25, 0.3) is 0 Å². The Hall–Kier alpha value is -2.61. The number of amides is 1. The maximum atomic E-state index is 13.5. The van der Waals surface area contributed by atoms with Crippen LogP contribution in [0.3, 0.4) is 0 Å². The molecule has 0 spiro atoms. The first-order valence-electron chi connectivity index (χ1n) is 11.8. The molecule has 0 atom stereocenters. The molecule has 8 heteroatoms. The molecule has 1 aromatic heterocycles. The molecule has 4 rings (SSSR count). The summed E-state index contributed by atoms with van der Waals surface area (Å²) in [4.78, 5) is 18.8. The highest BCUT2D eigenvalue weighted by Gasteiger charge is 2.36. The Bertz CT molecular complexity index is 1050. The smallest absolute Gasteiger partial charge is 0.248 e. The summed E-state index contributed by atoms with van der Waals surface area (Å²) in [7, 11) is 0. The molecule has 6 nitrogen and oxygen atoms in total. The van der Waals surface area contributed by atoms with Gasteiger partial charge in [-0.1, -0.05) is 11.6 Å². The lowest BCUT2D eigenvalue weighted by atomic mass is 9.91. The number of carbonyl (C=O) groups excluding carboxylic acids is 1. The largest absolute Gasteiger partial charge is 0.356 e. The number of pyridine rings is 1. The molecule has 2 fully saturated rings. The molecule has 1 saturated carbocycles. The fraction of sp³-hybridized carbons (Fsp3) is 0.560. The van der Waals surface area contributed by atoms with Crippen LogP contribution in [0.15, 0.2) is 18.2 Å². The number of carbonyl (C=O) groups is 1. The quantitative estimate of drug-likeness (QED) is 0.468. The van der Waals surface area contributed by atoms with Gasteiger partial charge < -0.3 is 15.5 Å². The maximum Gasteiger partial charge on any atom is 0.248 e. The monoisotopic (exact) mass is 457 g/mol. The number of benzene rings is 1. The third-order valence-corrected chi connectivity index (χ3v) is 6.79. The number of aryl methyl sites for hydroxylation is 2. The Morgan fingerprint density at radius 1 is 1.09 bits per heavy atom. The van der Waals surface area contributed by atoms with E-state index in [4.69, 9.17) is 10.4 Å². The van der Waals surface area contributed by atoms with Gasteiger partial charge in [-0.2, -0.15) is 0 Å². The van der Waals surface area contributed by atoms with Gasteiger partial charge in [0.15, 0.2) is 0 Å². The number of aromatic nitrogens is 1. The standard InChI is InChI=1S/C25H33F2N5O/c1-15-12-16(2)22-18(13-15)14-21(23(28)29-17(3)33)24(31-22)32-10-6-20(7-11-32)30-19-4-8-25(26,27)9-5-19/h12-14,19-20,30H,4-11H2,1-3H3,(H2,28,29,33). The summed E-state index contributed by atoms with van der Waals surface area (Å²) in [6.07, 6.45) is 2.75. The summed E-state index contributed by atoms with van der Waals surface area (Å²) in [6, 6.07) is 6.55. The van der Waals surface area contributed by atoms with Crippen LogP contribution >= 0.6 is 0 Å². The van der Waals surface area contributed by atoms with E-state index in [1.54, 1.807) is 0 Å². The van der Waals surface area contributed by atoms with Crippen molar-refractivity contribution in [2.75, 3.05) is 18.0 Å². The Balaban J connectivity index is 1.52. The average Bonchev–Trinajstić information content (AvgIpc) is 2.74. The van der Waals surface area contributed by atoms with E-state index in [1.807, 2.05) is 26.0 Å². The fourth-order valence-electron chi connectivity index (χ4n) is 5.11. The normalized spacial score (nSPS) is 19.6. The van der Waals surface area contributed by atoms with Crippen LogP contribution in [-0.2, 0) is 4.79 Å². The number of nitrogens with zero attached hydrogens (tertiary/aromatic N) is 2. The van der Waals surface area contributed by atoms with Gasteiger partial charge in [0.2, 0.25) is 11.8 Å². The minimum atomic E-state index is -2.51. The number of fused-ring (bicyclic) bond motifs is 1. The van der Waals surface area contributed by atoms with Crippen molar-refractivity contribution in [3.05, 3.63) is 34.9 Å². The molecule has 0 radical (unpaired) electrons. The molecular formula is C25H33F2N5O. The predicted octanol–water partition coefficient (Wildman–Crippen LogP) is 4.45. The van der Waals surface area contributed by atoms with Gasteiger partial charge in [0, 0.05) is 50.3 Å². The molecule has 1 saturated heterocycles. The van der Waals surface area contributed by atoms with Crippen molar-refractivity contribution in [3.63, 3.8) is 0 Å². The van der Waals surface area contributed by atoms with Crippen molar-refractivity contribution < 1.29 is 13.6 Å². The van der Waals surface area contributed by atoms with Crippen molar-refractivity contribution >= 4 is 28.5 Å². The summed E-state index contributed by atoms with van der Waals surface area (Å²) in [5, 5.41) is 15.6. The van der Waals surface area contributed by atoms with Crippen molar-refractivity contribution in [1.82, 2.24) is 15.6 Å². The minimum absolute atomic E-state index is 0.0298. The first-order valence-corrected chi connectivity index (χ1v) is 11.8. The van der Waals surface area contributed by atoms with E-state index < -0.39 is 5.92 Å². The molecule has 33 heavy (non-hydrogen) atoms. The highest BCUT2D eigenvalue weighted by Crippen LogP contribution is 2.34. The molecule has 3 N–H and O–H groups in total. The second-order valence-corrected chi connectivity index (χ2v) is 9.63. The molecule has 2 heterocycles. The second-order valence-electron chi connectivity index (χ2n) is 9.63. The third-order valence-electron chi connectivity index (χ3n) is 6.79. The molecule has 2 aliphatic rings. The van der Waals surface area contributed by atoms with E-state index in [2.05, 4.69) is 21.6 Å². The van der Waals surface area contributed by atoms with Gasteiger partial charge in [0.05, 0.1) is 11.1 Å². The van der Waals surface area contributed by atoms with Gasteiger partial charge >= 0.3 is 0 Å². The number of piperidine rings is 1. The van der Waals surface area contributed by atoms with Gasteiger partial charge in [-0.3, -0.25) is 10.2 Å². The summed E-state index contributed by atoms with van der Waals surface area (Å²) >= 11 is 0. The fourth-order valence-corrected chi connectivity index (χ4v) is 5.11. The van der Waals surface area contributed by atoms with Crippen molar-refractivity contribution in [1.29, 1.82) is 5.41 Å². The first kappa shape index (κ1) is 23.5.